The second kappa shape index (κ2) is 24.2. The first-order valence-electron chi connectivity index (χ1n) is 45.9. The van der Waals surface area contributed by atoms with E-state index < -0.39 is 113 Å². The van der Waals surface area contributed by atoms with Crippen molar-refractivity contribution in [3.63, 3.8) is 0 Å². The molecule has 0 bridgehead atoms. The minimum absolute atomic E-state index is 0.0404. The van der Waals surface area contributed by atoms with Crippen LogP contribution in [0.5, 0.6) is 0 Å². The van der Waals surface area contributed by atoms with E-state index in [0.717, 1.165) is 83.5 Å². The van der Waals surface area contributed by atoms with Crippen molar-refractivity contribution in [2.24, 2.45) is 0 Å². The van der Waals surface area contributed by atoms with Gasteiger partial charge in [0.05, 0.1) is 66.2 Å². The summed E-state index contributed by atoms with van der Waals surface area (Å²) in [6, 6.07) is 95.7. The third-order valence-electron chi connectivity index (χ3n) is 23.9. The zero-order valence-corrected chi connectivity index (χ0v) is 61.1. The molecule has 0 aliphatic heterocycles. The topological polar surface area (TPSA) is 16.3 Å². The molecule has 112 heavy (non-hydrogen) atoms. The van der Waals surface area contributed by atoms with E-state index in [4.69, 9.17) is 5.48 Å². The summed E-state index contributed by atoms with van der Waals surface area (Å²) in [4.78, 5) is 4.37. The van der Waals surface area contributed by atoms with Gasteiger partial charge >= 0.3 is 0 Å². The summed E-state index contributed by atoms with van der Waals surface area (Å²) in [7, 11) is 0. The number of aromatic nitrogens is 2. The average molecular weight is 1440 g/mol. The molecule has 0 amide bonds. The standard InChI is InChI=1S/C108H74N4/c1-106(2,3)71-64-76(109(72-30-28-32-74(66-72)111-102-54-24-12-42-88(102)89-43-13-25-55-103(89)111)100-52-22-10-34-78(100)69-58-60-86-84-40-8-20-50-96(84)107(98(86)62-69)92-46-16-4-36-80(92)81-37-5-17-47-93(81)107)68-77(65-71)110(73-31-29-33-75(67-73)112-104-56-26-14-44-90(104)91-45-15-27-57-105(91)112)101-53-23-11-35-79(101)70-59-61-87-85-41-9-21-51-97(85)108(99(87)63-70)94-48-18-6-38-82(94)83-39-7-19-49-95(83)108/h4-68H,1-3H3/i12D,13D,14D,15D,24D,25D,26D,27D,42D,43D,44D,45D,54D,55D,56D,57D. The first-order chi connectivity index (χ1) is 61.8. The molecule has 0 N–H and O–H groups in total. The van der Waals surface area contributed by atoms with Crippen LogP contribution in [0.25, 0.3) is 122 Å². The third kappa shape index (κ3) is 9.00. The van der Waals surface area contributed by atoms with Crippen LogP contribution in [-0.4, -0.2) is 9.13 Å². The molecule has 4 heteroatoms. The van der Waals surface area contributed by atoms with Crippen molar-refractivity contribution >= 4 is 77.7 Å². The summed E-state index contributed by atoms with van der Waals surface area (Å²) >= 11 is 0. The molecule has 4 aliphatic carbocycles. The Bertz CT molecular complexity index is 7450. The summed E-state index contributed by atoms with van der Waals surface area (Å²) < 4.78 is 153. The Morgan fingerprint density at radius 1 is 0.250 bits per heavy atom. The van der Waals surface area contributed by atoms with Crippen molar-refractivity contribution in [3.05, 3.63) is 444 Å². The molecule has 2 spiro atoms. The van der Waals surface area contributed by atoms with Gasteiger partial charge in [0, 0.05) is 66.8 Å². The molecule has 19 aromatic rings. The number of rotatable bonds is 10. The number of nitrogens with zero attached hydrogens (tertiary/aromatic N) is 4. The fraction of sp³-hybridized carbons (Fsp3) is 0.0556. The van der Waals surface area contributed by atoms with Crippen molar-refractivity contribution < 1.29 is 21.9 Å². The smallest absolute Gasteiger partial charge is 0.0725 e. The fourth-order valence-electron chi connectivity index (χ4n) is 19.4. The molecule has 23 rings (SSSR count). The van der Waals surface area contributed by atoms with Gasteiger partial charge in [-0.3, -0.25) is 0 Å². The van der Waals surface area contributed by atoms with E-state index in [1.165, 1.54) is 33.4 Å². The Balaban J connectivity index is 0.813. The number of anilines is 6. The lowest BCUT2D eigenvalue weighted by atomic mass is 9.70. The van der Waals surface area contributed by atoms with E-state index in [-0.39, 0.29) is 43.6 Å². The second-order valence-corrected chi connectivity index (χ2v) is 30.6. The van der Waals surface area contributed by atoms with E-state index in [2.05, 4.69) is 255 Å². The van der Waals surface area contributed by atoms with Crippen molar-refractivity contribution in [2.45, 2.75) is 37.0 Å². The first-order valence-corrected chi connectivity index (χ1v) is 37.9. The molecule has 2 heterocycles. The normalized spacial score (nSPS) is 15.5. The van der Waals surface area contributed by atoms with Crippen molar-refractivity contribution in [1.29, 1.82) is 0 Å². The largest absolute Gasteiger partial charge is 0.310 e. The molecule has 526 valence electrons. The van der Waals surface area contributed by atoms with Crippen LogP contribution < -0.4 is 9.80 Å². The predicted octanol–water partition coefficient (Wildman–Crippen LogP) is 28.1. The molecule has 17 aromatic carbocycles. The average Bonchev–Trinajstić information content (AvgIpc) is 1.51. The van der Waals surface area contributed by atoms with Gasteiger partial charge in [-0.25, -0.2) is 0 Å². The number of benzene rings is 17. The van der Waals surface area contributed by atoms with Gasteiger partial charge in [-0.05, 0) is 214 Å². The van der Waals surface area contributed by atoms with Crippen LogP contribution in [-0.2, 0) is 16.2 Å². The van der Waals surface area contributed by atoms with Gasteiger partial charge in [0.25, 0.3) is 0 Å². The number of hydrogen-bond acceptors (Lipinski definition) is 2. The van der Waals surface area contributed by atoms with Crippen LogP contribution in [0.15, 0.2) is 394 Å². The molecule has 0 atom stereocenters. The van der Waals surface area contributed by atoms with Crippen molar-refractivity contribution in [3.8, 4) is 78.1 Å². The summed E-state index contributed by atoms with van der Waals surface area (Å²) in [5.74, 6) is 0. The zero-order chi connectivity index (χ0) is 88.1. The van der Waals surface area contributed by atoms with Gasteiger partial charge < -0.3 is 18.9 Å². The lowest BCUT2D eigenvalue weighted by Crippen LogP contribution is -2.25. The molecular weight excluding hydrogens is 1350 g/mol. The molecule has 0 radical (unpaired) electrons. The van der Waals surface area contributed by atoms with Gasteiger partial charge in [-0.2, -0.15) is 0 Å². The van der Waals surface area contributed by atoms with E-state index in [1.54, 1.807) is 21.3 Å². The molecular formula is C108H74N4. The SMILES string of the molecule is [2H]c1c([2H])c([2H])c2c(c1[2H])c1c([2H])c([2H])c([2H])c([2H])c1n2-c1cccc(N(c2cc(N(c3cccc(-n4c5c([2H])c([2H])c([2H])c([2H])c5c5c([2H])c([2H])c([2H])c([2H])c54)c3)c3ccccc3-c3ccc4c(c3)C3(c5ccccc5-c5ccccc53)c3ccccc3-4)cc(C(C)(C)C)c2)c2ccccc2-c2ccc3c(c2)C2(c4ccccc4-c4ccccc42)c2ccccc2-3)c1. The molecule has 0 saturated carbocycles. The number of para-hydroxylation sites is 6. The van der Waals surface area contributed by atoms with Crippen LogP contribution in [0.4, 0.5) is 34.1 Å². The third-order valence-corrected chi connectivity index (χ3v) is 23.9. The minimum Gasteiger partial charge on any atom is -0.310 e. The van der Waals surface area contributed by atoms with Crippen LogP contribution in [0.1, 0.15) is 92.8 Å². The number of hydrogen-bond donors (Lipinski definition) is 0. The maximum absolute atomic E-state index is 9.76. The lowest BCUT2D eigenvalue weighted by molar-refractivity contribution is 0.590. The van der Waals surface area contributed by atoms with Crippen molar-refractivity contribution in [2.75, 3.05) is 9.80 Å². The van der Waals surface area contributed by atoms with Crippen LogP contribution >= 0.6 is 0 Å². The Morgan fingerprint density at radius 3 is 0.857 bits per heavy atom. The fourth-order valence-corrected chi connectivity index (χ4v) is 19.4. The minimum atomic E-state index is -0.729. The van der Waals surface area contributed by atoms with Gasteiger partial charge in [0.1, 0.15) is 0 Å². The van der Waals surface area contributed by atoms with Gasteiger partial charge in [0.2, 0.25) is 0 Å². The van der Waals surface area contributed by atoms with Gasteiger partial charge in [-0.15, -0.1) is 0 Å². The molecule has 0 fully saturated rings. The summed E-state index contributed by atoms with van der Waals surface area (Å²) in [6.45, 7) is 6.46. The van der Waals surface area contributed by atoms with E-state index >= 15 is 0 Å². The van der Waals surface area contributed by atoms with Gasteiger partial charge in [-0.1, -0.05) is 312 Å². The molecule has 4 aliphatic rings. The Labute approximate surface area is 674 Å². The zero-order valence-electron chi connectivity index (χ0n) is 77.1. The monoisotopic (exact) mass is 1440 g/mol. The summed E-state index contributed by atoms with van der Waals surface area (Å²) in [6.07, 6.45) is 0. The quantitative estimate of drug-likeness (QED) is 0.136. The van der Waals surface area contributed by atoms with Crippen molar-refractivity contribution in [1.82, 2.24) is 9.13 Å². The van der Waals surface area contributed by atoms with Crippen LogP contribution in [0.3, 0.4) is 0 Å². The highest BCUT2D eigenvalue weighted by Crippen LogP contribution is 2.66. The molecule has 0 unspecified atom stereocenters. The second-order valence-electron chi connectivity index (χ2n) is 30.6. The summed E-state index contributed by atoms with van der Waals surface area (Å²) in [5, 5.41) is -0.251. The van der Waals surface area contributed by atoms with Gasteiger partial charge in [0.15, 0.2) is 0 Å². The molecule has 0 saturated heterocycles. The lowest BCUT2D eigenvalue weighted by Gasteiger charge is -2.34. The van der Waals surface area contributed by atoms with E-state index in [0.29, 0.717) is 45.5 Å². The Kier molecular flexibility index (Phi) is 10.8. The van der Waals surface area contributed by atoms with Crippen LogP contribution in [0, 0.1) is 0 Å². The number of fused-ring (bicyclic) bond motifs is 26. The Morgan fingerprint density at radius 2 is 0.536 bits per heavy atom. The maximum atomic E-state index is 9.76. The molecule has 4 nitrogen and oxygen atoms in total. The van der Waals surface area contributed by atoms with E-state index in [1.807, 2.05) is 60.7 Å². The molecule has 2 aromatic heterocycles. The Hall–Kier alpha value is -14.1. The maximum Gasteiger partial charge on any atom is 0.0725 e. The highest BCUT2D eigenvalue weighted by Gasteiger charge is 2.53. The summed E-state index contributed by atoms with van der Waals surface area (Å²) in [5.41, 5.74) is 24.6. The highest BCUT2D eigenvalue weighted by molar-refractivity contribution is 6.11. The van der Waals surface area contributed by atoms with E-state index in [9.17, 15) is 16.4 Å². The predicted molar refractivity (Wildman–Crippen MR) is 467 cm³/mol. The van der Waals surface area contributed by atoms with Crippen LogP contribution in [0.2, 0.25) is 0 Å². The highest BCUT2D eigenvalue weighted by atomic mass is 15.2. The first kappa shape index (κ1) is 49.8.